The smallest absolute Gasteiger partial charge is 0.276 e. The quantitative estimate of drug-likeness (QED) is 0.417. The second kappa shape index (κ2) is 7.49. The van der Waals surface area contributed by atoms with Crippen LogP contribution in [0.2, 0.25) is 0 Å². The maximum Gasteiger partial charge on any atom is 0.276 e. The van der Waals surface area contributed by atoms with Crippen molar-refractivity contribution >= 4 is 40.2 Å². The van der Waals surface area contributed by atoms with Gasteiger partial charge in [0.2, 0.25) is 5.91 Å². The topological polar surface area (TPSA) is 102 Å². The molecule has 25 heavy (non-hydrogen) atoms. The number of allylic oxidation sites excluding steroid dienone is 1. The average molecular weight is 355 g/mol. The molecule has 0 aliphatic heterocycles. The van der Waals surface area contributed by atoms with E-state index in [1.165, 1.54) is 29.7 Å². The summed E-state index contributed by atoms with van der Waals surface area (Å²) >= 11 is 1.49. The van der Waals surface area contributed by atoms with Crippen molar-refractivity contribution in [1.29, 1.82) is 0 Å². The molecule has 2 heterocycles. The number of thiazole rings is 1. The van der Waals surface area contributed by atoms with Gasteiger partial charge in [0.1, 0.15) is 0 Å². The van der Waals surface area contributed by atoms with Crippen LogP contribution in [-0.4, -0.2) is 26.4 Å². The van der Waals surface area contributed by atoms with Gasteiger partial charge in [-0.05, 0) is 18.2 Å². The number of hydrazone groups is 1. The van der Waals surface area contributed by atoms with Crippen LogP contribution < -0.4 is 5.43 Å². The van der Waals surface area contributed by atoms with Gasteiger partial charge >= 0.3 is 0 Å². The second-order valence-corrected chi connectivity index (χ2v) is 5.86. The number of nitro benzene ring substituents is 1. The fourth-order valence-electron chi connectivity index (χ4n) is 2.16. The SMILES string of the molecule is O=C(Cc1cn2ccsc2n1)NN=CC=Cc1ccccc1[N+](=O)[O-]. The maximum atomic E-state index is 11.8. The Kier molecular flexibility index (Phi) is 4.95. The van der Waals surface area contributed by atoms with E-state index in [1.54, 1.807) is 30.5 Å². The van der Waals surface area contributed by atoms with Gasteiger partial charge < -0.3 is 0 Å². The number of nitrogens with one attached hydrogen (secondary N) is 1. The molecule has 3 rings (SSSR count). The number of carbonyl (C=O) groups excluding carboxylic acids is 1. The van der Waals surface area contributed by atoms with Crippen molar-refractivity contribution in [3.05, 3.63) is 69.5 Å². The minimum absolute atomic E-state index is 0.0101. The van der Waals surface area contributed by atoms with E-state index >= 15 is 0 Å². The van der Waals surface area contributed by atoms with Crippen LogP contribution in [0.1, 0.15) is 11.3 Å². The van der Waals surface area contributed by atoms with Gasteiger partial charge in [0.25, 0.3) is 5.69 Å². The summed E-state index contributed by atoms with van der Waals surface area (Å²) in [4.78, 5) is 27.4. The first-order chi connectivity index (χ1) is 12.1. The number of aromatic nitrogens is 2. The van der Waals surface area contributed by atoms with E-state index in [4.69, 9.17) is 0 Å². The van der Waals surface area contributed by atoms with Crippen LogP contribution in [0.25, 0.3) is 11.0 Å². The molecular formula is C16H13N5O3S. The molecule has 0 aliphatic rings. The summed E-state index contributed by atoms with van der Waals surface area (Å²) in [6.07, 6.45) is 8.23. The molecule has 0 atom stereocenters. The number of fused-ring (bicyclic) bond motifs is 1. The third-order valence-corrected chi connectivity index (χ3v) is 4.01. The molecule has 126 valence electrons. The van der Waals surface area contributed by atoms with Crippen molar-refractivity contribution in [2.24, 2.45) is 5.10 Å². The summed E-state index contributed by atoms with van der Waals surface area (Å²) in [5, 5.41) is 16.6. The van der Waals surface area contributed by atoms with E-state index in [9.17, 15) is 14.9 Å². The molecule has 1 amide bonds. The lowest BCUT2D eigenvalue weighted by Crippen LogP contribution is -2.19. The van der Waals surface area contributed by atoms with Gasteiger partial charge in [0, 0.05) is 30.1 Å². The van der Waals surface area contributed by atoms with E-state index in [-0.39, 0.29) is 18.0 Å². The van der Waals surface area contributed by atoms with E-state index in [0.717, 1.165) is 4.96 Å². The fourth-order valence-corrected chi connectivity index (χ4v) is 2.88. The number of carbonyl (C=O) groups is 1. The van der Waals surface area contributed by atoms with Gasteiger partial charge in [0.15, 0.2) is 4.96 Å². The summed E-state index contributed by atoms with van der Waals surface area (Å²) in [5.74, 6) is -0.291. The summed E-state index contributed by atoms with van der Waals surface area (Å²) in [5.41, 5.74) is 3.52. The third-order valence-electron chi connectivity index (χ3n) is 3.24. The van der Waals surface area contributed by atoms with Crippen LogP contribution in [0.4, 0.5) is 5.69 Å². The summed E-state index contributed by atoms with van der Waals surface area (Å²) < 4.78 is 1.85. The molecule has 1 N–H and O–H groups in total. The number of nitro groups is 1. The molecule has 1 aromatic carbocycles. The molecule has 3 aromatic rings. The first kappa shape index (κ1) is 16.5. The van der Waals surface area contributed by atoms with Crippen LogP contribution in [-0.2, 0) is 11.2 Å². The number of rotatable bonds is 6. The van der Waals surface area contributed by atoms with Crippen molar-refractivity contribution in [3.63, 3.8) is 0 Å². The summed E-state index contributed by atoms with van der Waals surface area (Å²) in [6.45, 7) is 0. The molecule has 9 heteroatoms. The van der Waals surface area contributed by atoms with Crippen molar-refractivity contribution < 1.29 is 9.72 Å². The Balaban J connectivity index is 1.53. The molecule has 0 saturated heterocycles. The second-order valence-electron chi connectivity index (χ2n) is 4.99. The highest BCUT2D eigenvalue weighted by atomic mass is 32.1. The number of para-hydroxylation sites is 1. The predicted octanol–water partition coefficient (Wildman–Crippen LogP) is 2.66. The Morgan fingerprint density at radius 1 is 1.44 bits per heavy atom. The van der Waals surface area contributed by atoms with Crippen LogP contribution in [0.5, 0.6) is 0 Å². The number of hydrogen-bond donors (Lipinski definition) is 1. The molecule has 8 nitrogen and oxygen atoms in total. The zero-order valence-corrected chi connectivity index (χ0v) is 13.7. The van der Waals surface area contributed by atoms with Crippen LogP contribution in [0, 0.1) is 10.1 Å². The Labute approximate surface area is 146 Å². The summed E-state index contributed by atoms with van der Waals surface area (Å²) in [6, 6.07) is 6.37. The Morgan fingerprint density at radius 3 is 3.08 bits per heavy atom. The van der Waals surface area contributed by atoms with E-state index in [1.807, 2.05) is 16.0 Å². The van der Waals surface area contributed by atoms with Crippen molar-refractivity contribution in [1.82, 2.24) is 14.8 Å². The summed E-state index contributed by atoms with van der Waals surface area (Å²) in [7, 11) is 0. The molecule has 0 spiro atoms. The molecule has 0 bridgehead atoms. The standard InChI is InChI=1S/C16H13N5O3S/c22-15(10-13-11-20-8-9-25-16(20)18-13)19-17-7-3-5-12-4-1-2-6-14(12)21(23)24/h1-9,11H,10H2,(H,19,22). The Morgan fingerprint density at radius 2 is 2.28 bits per heavy atom. The normalized spacial score (nSPS) is 11.5. The van der Waals surface area contributed by atoms with Crippen molar-refractivity contribution in [2.45, 2.75) is 6.42 Å². The average Bonchev–Trinajstić information content (AvgIpc) is 3.16. The largest absolute Gasteiger partial charge is 0.297 e. The van der Waals surface area contributed by atoms with Gasteiger partial charge in [-0.1, -0.05) is 12.1 Å². The molecule has 0 unspecified atom stereocenters. The molecule has 0 aliphatic carbocycles. The Hall–Kier alpha value is -3.33. The van der Waals surface area contributed by atoms with Crippen LogP contribution in [0.15, 0.2) is 53.2 Å². The minimum atomic E-state index is -0.450. The Bertz CT molecular complexity index is 944. The first-order valence-corrected chi connectivity index (χ1v) is 8.14. The monoisotopic (exact) mass is 355 g/mol. The van der Waals surface area contributed by atoms with Crippen molar-refractivity contribution in [2.75, 3.05) is 0 Å². The van der Waals surface area contributed by atoms with E-state index < -0.39 is 4.92 Å². The lowest BCUT2D eigenvalue weighted by atomic mass is 10.2. The van der Waals surface area contributed by atoms with Gasteiger partial charge in [-0.25, -0.2) is 10.4 Å². The number of benzene rings is 1. The van der Waals surface area contributed by atoms with Crippen LogP contribution >= 0.6 is 11.3 Å². The van der Waals surface area contributed by atoms with Gasteiger partial charge in [-0.2, -0.15) is 5.10 Å². The zero-order valence-electron chi connectivity index (χ0n) is 12.9. The van der Waals surface area contributed by atoms with E-state index in [2.05, 4.69) is 15.5 Å². The lowest BCUT2D eigenvalue weighted by Gasteiger charge is -1.96. The number of imidazole rings is 1. The lowest BCUT2D eigenvalue weighted by molar-refractivity contribution is -0.385. The number of nitrogens with zero attached hydrogens (tertiary/aromatic N) is 4. The highest BCUT2D eigenvalue weighted by molar-refractivity contribution is 7.15. The highest BCUT2D eigenvalue weighted by Crippen LogP contribution is 2.18. The molecule has 0 saturated carbocycles. The van der Waals surface area contributed by atoms with Gasteiger partial charge in [-0.15, -0.1) is 11.3 Å². The maximum absolute atomic E-state index is 11.8. The highest BCUT2D eigenvalue weighted by Gasteiger charge is 2.09. The third kappa shape index (κ3) is 4.15. The van der Waals surface area contributed by atoms with Crippen molar-refractivity contribution in [3.8, 4) is 0 Å². The number of hydrogen-bond acceptors (Lipinski definition) is 6. The first-order valence-electron chi connectivity index (χ1n) is 7.26. The van der Waals surface area contributed by atoms with Gasteiger partial charge in [-0.3, -0.25) is 19.3 Å². The molecule has 2 aromatic heterocycles. The zero-order chi connectivity index (χ0) is 17.6. The molecular weight excluding hydrogens is 342 g/mol. The number of amides is 1. The van der Waals surface area contributed by atoms with E-state index in [0.29, 0.717) is 11.3 Å². The molecule has 0 radical (unpaired) electrons. The van der Waals surface area contributed by atoms with Gasteiger partial charge in [0.05, 0.1) is 22.6 Å². The predicted molar refractivity (Wildman–Crippen MR) is 95.5 cm³/mol. The van der Waals surface area contributed by atoms with Crippen LogP contribution in [0.3, 0.4) is 0 Å². The molecule has 0 fully saturated rings. The minimum Gasteiger partial charge on any atom is -0.297 e. The fraction of sp³-hybridized carbons (Fsp3) is 0.0625.